The smallest absolute Gasteiger partial charge is 0.110 e. The molecule has 0 aliphatic rings. The molecular weight excluding hydrogens is 364 g/mol. The van der Waals surface area contributed by atoms with Crippen LogP contribution in [-0.4, -0.2) is 41.9 Å². The summed E-state index contributed by atoms with van der Waals surface area (Å²) < 4.78 is 3.55. The number of aromatic nitrogens is 2. The van der Waals surface area contributed by atoms with E-state index in [1.807, 2.05) is 11.3 Å². The van der Waals surface area contributed by atoms with Gasteiger partial charge in [0.1, 0.15) is 12.2 Å². The molecule has 0 fully saturated rings. The van der Waals surface area contributed by atoms with E-state index in [0.29, 0.717) is 0 Å². The fourth-order valence-corrected chi connectivity index (χ4v) is 5.05. The van der Waals surface area contributed by atoms with Gasteiger partial charge in [-0.25, -0.2) is 0 Å². The van der Waals surface area contributed by atoms with Crippen LogP contribution >= 0.6 is 11.3 Å². The highest BCUT2D eigenvalue weighted by Gasteiger charge is 2.17. The summed E-state index contributed by atoms with van der Waals surface area (Å²) in [5, 5.41) is 9.11. The molecule has 0 saturated heterocycles. The molecule has 0 amide bonds. The third-order valence-corrected chi connectivity index (χ3v) is 6.57. The first-order valence-electron chi connectivity index (χ1n) is 10.0. The lowest BCUT2D eigenvalue weighted by Gasteiger charge is -2.30. The van der Waals surface area contributed by atoms with Gasteiger partial charge in [-0.15, -0.1) is 11.3 Å². The van der Waals surface area contributed by atoms with Gasteiger partial charge in [-0.3, -0.25) is 5.10 Å². The van der Waals surface area contributed by atoms with Crippen LogP contribution < -0.4 is 5.73 Å². The molecule has 3 N–H and O–H groups in total. The molecular formula is C23H29N4S+. The molecule has 0 unspecified atom stereocenters. The second-order valence-corrected chi connectivity index (χ2v) is 9.29. The number of rotatable bonds is 8. The molecule has 0 aliphatic carbocycles. The summed E-state index contributed by atoms with van der Waals surface area (Å²) in [7, 11) is 4.62. The Bertz CT molecular complexity index is 1060. The van der Waals surface area contributed by atoms with Gasteiger partial charge in [0, 0.05) is 21.2 Å². The summed E-state index contributed by atoms with van der Waals surface area (Å²) >= 11 is 1.81. The number of hydrogen-bond acceptors (Lipinski definition) is 3. The highest BCUT2D eigenvalue weighted by atomic mass is 32.1. The van der Waals surface area contributed by atoms with Crippen molar-refractivity contribution >= 4 is 31.6 Å². The van der Waals surface area contributed by atoms with Crippen LogP contribution in [0.1, 0.15) is 24.8 Å². The number of fused-ring (bicyclic) bond motifs is 3. The van der Waals surface area contributed by atoms with Crippen molar-refractivity contribution in [2.24, 2.45) is 5.73 Å². The zero-order chi connectivity index (χ0) is 19.6. The summed E-state index contributed by atoms with van der Waals surface area (Å²) in [5.41, 5.74) is 10.3. The van der Waals surface area contributed by atoms with Crippen molar-refractivity contribution in [3.8, 4) is 11.3 Å². The molecule has 2 aromatic carbocycles. The predicted molar refractivity (Wildman–Crippen MR) is 120 cm³/mol. The SMILES string of the molecule is C[N+](C)(CCCCCN)Cc1ccc(-c2n[nH]c3c2sc2ccccc23)cc1. The molecule has 0 bridgehead atoms. The van der Waals surface area contributed by atoms with Crippen molar-refractivity contribution in [2.75, 3.05) is 27.2 Å². The monoisotopic (exact) mass is 393 g/mol. The van der Waals surface area contributed by atoms with Gasteiger partial charge >= 0.3 is 0 Å². The summed E-state index contributed by atoms with van der Waals surface area (Å²) in [4.78, 5) is 0. The number of unbranched alkanes of at least 4 members (excludes halogenated alkanes) is 2. The van der Waals surface area contributed by atoms with Gasteiger partial charge in [0.2, 0.25) is 0 Å². The first-order valence-corrected chi connectivity index (χ1v) is 10.9. The minimum absolute atomic E-state index is 0.801. The van der Waals surface area contributed by atoms with Crippen LogP contribution in [-0.2, 0) is 6.54 Å². The van der Waals surface area contributed by atoms with Crippen molar-refractivity contribution in [3.05, 3.63) is 54.1 Å². The number of nitrogens with zero attached hydrogens (tertiary/aromatic N) is 2. The minimum atomic E-state index is 0.801. The van der Waals surface area contributed by atoms with E-state index < -0.39 is 0 Å². The average Bonchev–Trinajstić information content (AvgIpc) is 3.25. The Morgan fingerprint density at radius 2 is 1.79 bits per heavy atom. The van der Waals surface area contributed by atoms with E-state index in [0.717, 1.165) is 35.2 Å². The molecule has 0 atom stereocenters. The summed E-state index contributed by atoms with van der Waals surface area (Å²) in [5.74, 6) is 0. The highest BCUT2D eigenvalue weighted by Crippen LogP contribution is 2.38. The lowest BCUT2D eigenvalue weighted by Crippen LogP contribution is -2.39. The number of quaternary nitrogens is 1. The maximum Gasteiger partial charge on any atom is 0.110 e. The van der Waals surface area contributed by atoms with E-state index in [1.165, 1.54) is 45.3 Å². The van der Waals surface area contributed by atoms with Crippen LogP contribution in [0.25, 0.3) is 31.6 Å². The molecule has 4 nitrogen and oxygen atoms in total. The molecule has 2 aromatic heterocycles. The van der Waals surface area contributed by atoms with Gasteiger partial charge in [0.05, 0.1) is 30.9 Å². The zero-order valence-electron chi connectivity index (χ0n) is 16.7. The Morgan fingerprint density at radius 1 is 1.00 bits per heavy atom. The predicted octanol–water partition coefficient (Wildman–Crippen LogP) is 5.15. The molecule has 2 heterocycles. The lowest BCUT2D eigenvalue weighted by atomic mass is 10.1. The van der Waals surface area contributed by atoms with Gasteiger partial charge in [0.15, 0.2) is 0 Å². The Balaban J connectivity index is 1.51. The van der Waals surface area contributed by atoms with Crippen LogP contribution in [0.4, 0.5) is 0 Å². The van der Waals surface area contributed by atoms with E-state index in [4.69, 9.17) is 5.73 Å². The topological polar surface area (TPSA) is 54.7 Å². The van der Waals surface area contributed by atoms with Gasteiger partial charge < -0.3 is 10.2 Å². The number of aromatic amines is 1. The minimum Gasteiger partial charge on any atom is -0.330 e. The standard InChI is InChI=1S/C23H29N4S/c1-27(2,15-7-3-6-14-24)16-17-10-12-18(13-11-17)21-23-22(26-25-21)19-8-4-5-9-20(19)28-23/h4-5,8-13H,3,6-7,14-16,24H2,1-2H3,(H,25,26)/q+1. The highest BCUT2D eigenvalue weighted by molar-refractivity contribution is 7.26. The van der Waals surface area contributed by atoms with E-state index in [-0.39, 0.29) is 0 Å². The quantitative estimate of drug-likeness (QED) is 0.321. The normalized spacial score (nSPS) is 12.2. The molecule has 0 spiro atoms. The Kier molecular flexibility index (Phi) is 5.49. The molecule has 5 heteroatoms. The van der Waals surface area contributed by atoms with Crippen LogP contribution in [0.15, 0.2) is 48.5 Å². The van der Waals surface area contributed by atoms with E-state index in [2.05, 4.69) is 72.8 Å². The Hall–Kier alpha value is -2.21. The number of hydrogen-bond donors (Lipinski definition) is 2. The van der Waals surface area contributed by atoms with E-state index in [1.54, 1.807) is 0 Å². The summed E-state index contributed by atoms with van der Waals surface area (Å²) in [6.45, 7) is 3.03. The van der Waals surface area contributed by atoms with E-state index in [9.17, 15) is 0 Å². The molecule has 0 aliphatic heterocycles. The first-order chi connectivity index (χ1) is 13.6. The second-order valence-electron chi connectivity index (χ2n) is 8.24. The van der Waals surface area contributed by atoms with Gasteiger partial charge in [-0.05, 0) is 31.9 Å². The van der Waals surface area contributed by atoms with Crippen molar-refractivity contribution in [1.29, 1.82) is 0 Å². The maximum atomic E-state index is 5.60. The molecule has 28 heavy (non-hydrogen) atoms. The number of nitrogens with two attached hydrogens (primary N) is 1. The number of H-pyrrole nitrogens is 1. The Labute approximate surface area is 170 Å². The van der Waals surface area contributed by atoms with Crippen molar-refractivity contribution in [3.63, 3.8) is 0 Å². The number of benzene rings is 2. The van der Waals surface area contributed by atoms with Crippen molar-refractivity contribution < 1.29 is 4.48 Å². The summed E-state index contributed by atoms with van der Waals surface area (Å²) in [6.07, 6.45) is 3.59. The van der Waals surface area contributed by atoms with E-state index >= 15 is 0 Å². The van der Waals surface area contributed by atoms with Crippen molar-refractivity contribution in [1.82, 2.24) is 10.2 Å². The maximum absolute atomic E-state index is 5.60. The lowest BCUT2D eigenvalue weighted by molar-refractivity contribution is -0.903. The Morgan fingerprint density at radius 3 is 2.57 bits per heavy atom. The van der Waals surface area contributed by atoms with Crippen molar-refractivity contribution in [2.45, 2.75) is 25.8 Å². The van der Waals surface area contributed by atoms with Crippen LogP contribution in [0, 0.1) is 0 Å². The molecule has 0 radical (unpaired) electrons. The number of nitrogens with one attached hydrogen (secondary N) is 1. The molecule has 146 valence electrons. The first kappa shape index (κ1) is 19.1. The third-order valence-electron chi connectivity index (χ3n) is 5.40. The van der Waals surface area contributed by atoms with Crippen LogP contribution in [0.5, 0.6) is 0 Å². The third kappa shape index (κ3) is 3.97. The fraction of sp³-hybridized carbons (Fsp3) is 0.348. The van der Waals surface area contributed by atoms with Crippen LogP contribution in [0.3, 0.4) is 0 Å². The molecule has 0 saturated carbocycles. The van der Waals surface area contributed by atoms with Gasteiger partial charge in [-0.1, -0.05) is 42.5 Å². The average molecular weight is 394 g/mol. The second kappa shape index (κ2) is 8.03. The van der Waals surface area contributed by atoms with Gasteiger partial charge in [0.25, 0.3) is 0 Å². The fourth-order valence-electron chi connectivity index (χ4n) is 3.88. The largest absolute Gasteiger partial charge is 0.330 e. The van der Waals surface area contributed by atoms with Gasteiger partial charge in [-0.2, -0.15) is 5.10 Å². The molecule has 4 rings (SSSR count). The van der Waals surface area contributed by atoms with Crippen LogP contribution in [0.2, 0.25) is 0 Å². The number of thiophene rings is 1. The zero-order valence-corrected chi connectivity index (χ0v) is 17.6. The molecule has 4 aromatic rings. The summed E-state index contributed by atoms with van der Waals surface area (Å²) in [6, 6.07) is 17.4.